The Labute approximate surface area is 117 Å². The van der Waals surface area contributed by atoms with E-state index in [-0.39, 0.29) is 0 Å². The molecule has 0 amide bonds. The predicted molar refractivity (Wildman–Crippen MR) is 77.2 cm³/mol. The Hall–Kier alpha value is -1.49. The minimum atomic E-state index is 0.339. The molecule has 0 unspecified atom stereocenters. The quantitative estimate of drug-likeness (QED) is 0.870. The summed E-state index contributed by atoms with van der Waals surface area (Å²) in [5, 5.41) is 7.25. The molecule has 5 heteroatoms. The van der Waals surface area contributed by atoms with Crippen molar-refractivity contribution in [1.82, 2.24) is 19.7 Å². The molecule has 1 N–H and O–H groups in total. The Bertz CT molecular complexity index is 608. The lowest BCUT2D eigenvalue weighted by Crippen LogP contribution is -2.20. The van der Waals surface area contributed by atoms with E-state index in [0.29, 0.717) is 10.2 Å². The number of H-pyrrole nitrogens is 1. The van der Waals surface area contributed by atoms with Crippen LogP contribution >= 0.6 is 12.2 Å². The maximum atomic E-state index is 5.37. The molecule has 0 spiro atoms. The van der Waals surface area contributed by atoms with E-state index in [9.17, 15) is 0 Å². The first-order chi connectivity index (χ1) is 9.18. The van der Waals surface area contributed by atoms with Crippen LogP contribution < -0.4 is 0 Å². The van der Waals surface area contributed by atoms with Gasteiger partial charge in [-0.05, 0) is 42.6 Å². The Morgan fingerprint density at radius 1 is 1.37 bits per heavy atom. The molecule has 0 atom stereocenters. The van der Waals surface area contributed by atoms with Gasteiger partial charge in [-0.3, -0.25) is 14.6 Å². The molecule has 100 valence electrons. The maximum absolute atomic E-state index is 5.37. The van der Waals surface area contributed by atoms with Crippen molar-refractivity contribution in [3.63, 3.8) is 0 Å². The van der Waals surface area contributed by atoms with E-state index in [1.54, 1.807) is 6.20 Å². The van der Waals surface area contributed by atoms with Gasteiger partial charge in [0.2, 0.25) is 0 Å². The monoisotopic (exact) mass is 274 g/mol. The molecule has 0 aliphatic heterocycles. The average Bonchev–Trinajstić information content (AvgIpc) is 2.99. The zero-order chi connectivity index (χ0) is 13.3. The summed E-state index contributed by atoms with van der Waals surface area (Å²) in [5.74, 6) is 0.846. The summed E-state index contributed by atoms with van der Waals surface area (Å²) in [7, 11) is 0. The van der Waals surface area contributed by atoms with Gasteiger partial charge in [-0.25, -0.2) is 0 Å². The molecule has 1 saturated carbocycles. The number of hydrogen-bond donors (Lipinski definition) is 1. The summed E-state index contributed by atoms with van der Waals surface area (Å²) < 4.78 is 2.79. The Morgan fingerprint density at radius 3 is 2.84 bits per heavy atom. The van der Waals surface area contributed by atoms with Gasteiger partial charge < -0.3 is 0 Å². The number of aromatic amines is 1. The van der Waals surface area contributed by atoms with E-state index in [0.717, 1.165) is 18.1 Å². The zero-order valence-corrected chi connectivity index (χ0v) is 11.9. The first-order valence-corrected chi connectivity index (χ1v) is 7.15. The topological polar surface area (TPSA) is 46.5 Å². The number of nitrogens with zero attached hydrogens (tertiary/aromatic N) is 3. The highest BCUT2D eigenvalue weighted by Gasteiger charge is 2.30. The van der Waals surface area contributed by atoms with Crippen LogP contribution in [0.5, 0.6) is 0 Å². The molecular formula is C14H18N4S. The number of aromatic nitrogens is 4. The summed E-state index contributed by atoms with van der Waals surface area (Å²) >= 11 is 5.37. The molecule has 3 rings (SSSR count). The molecule has 2 aromatic rings. The van der Waals surface area contributed by atoms with Crippen molar-refractivity contribution in [3.05, 3.63) is 29.2 Å². The molecular weight excluding hydrogens is 256 g/mol. The van der Waals surface area contributed by atoms with Crippen LogP contribution in [-0.2, 0) is 6.54 Å². The van der Waals surface area contributed by atoms with E-state index in [1.807, 2.05) is 18.2 Å². The highest BCUT2D eigenvalue weighted by Crippen LogP contribution is 2.39. The third-order valence-corrected chi connectivity index (χ3v) is 4.31. The van der Waals surface area contributed by atoms with Crippen molar-refractivity contribution in [2.24, 2.45) is 5.41 Å². The van der Waals surface area contributed by atoms with Gasteiger partial charge in [0.15, 0.2) is 10.6 Å². The highest BCUT2D eigenvalue weighted by molar-refractivity contribution is 7.71. The fourth-order valence-electron chi connectivity index (χ4n) is 2.92. The molecule has 2 heterocycles. The molecule has 1 fully saturated rings. The molecule has 1 aliphatic carbocycles. The lowest BCUT2D eigenvalue weighted by Gasteiger charge is -2.24. The number of rotatable bonds is 3. The second-order valence-electron chi connectivity index (χ2n) is 5.67. The first kappa shape index (κ1) is 12.5. The average molecular weight is 274 g/mol. The minimum Gasteiger partial charge on any atom is -0.298 e. The second-order valence-corrected chi connectivity index (χ2v) is 6.06. The van der Waals surface area contributed by atoms with Crippen molar-refractivity contribution < 1.29 is 0 Å². The van der Waals surface area contributed by atoms with Gasteiger partial charge >= 0.3 is 0 Å². The summed E-state index contributed by atoms with van der Waals surface area (Å²) in [4.78, 5) is 4.37. The van der Waals surface area contributed by atoms with Gasteiger partial charge in [0, 0.05) is 12.7 Å². The van der Waals surface area contributed by atoms with Crippen LogP contribution in [0.3, 0.4) is 0 Å². The van der Waals surface area contributed by atoms with Gasteiger partial charge in [0.25, 0.3) is 0 Å². The number of hydrogen-bond acceptors (Lipinski definition) is 3. The van der Waals surface area contributed by atoms with Gasteiger partial charge in [-0.1, -0.05) is 25.8 Å². The molecule has 19 heavy (non-hydrogen) atoms. The van der Waals surface area contributed by atoms with Crippen LogP contribution in [0, 0.1) is 10.2 Å². The van der Waals surface area contributed by atoms with E-state index in [4.69, 9.17) is 12.2 Å². The third-order valence-electron chi connectivity index (χ3n) is 4.00. The number of pyridine rings is 1. The van der Waals surface area contributed by atoms with Crippen LogP contribution in [0.25, 0.3) is 11.5 Å². The van der Waals surface area contributed by atoms with Crippen LogP contribution in [0.1, 0.15) is 32.6 Å². The smallest absolute Gasteiger partial charge is 0.195 e. The molecule has 0 saturated heterocycles. The zero-order valence-electron chi connectivity index (χ0n) is 11.1. The predicted octanol–water partition coefficient (Wildman–Crippen LogP) is 3.58. The third kappa shape index (κ3) is 2.47. The molecule has 0 bridgehead atoms. The van der Waals surface area contributed by atoms with Crippen LogP contribution in [0.15, 0.2) is 24.4 Å². The Morgan fingerprint density at radius 2 is 2.16 bits per heavy atom. The lowest BCUT2D eigenvalue weighted by molar-refractivity contribution is 0.281. The molecule has 0 radical (unpaired) electrons. The highest BCUT2D eigenvalue weighted by atomic mass is 32.1. The van der Waals surface area contributed by atoms with Crippen molar-refractivity contribution in [3.8, 4) is 11.5 Å². The molecule has 0 aromatic carbocycles. The van der Waals surface area contributed by atoms with Gasteiger partial charge in [-0.15, -0.1) is 0 Å². The van der Waals surface area contributed by atoms with Gasteiger partial charge in [0.1, 0.15) is 5.69 Å². The van der Waals surface area contributed by atoms with Crippen molar-refractivity contribution in [2.75, 3.05) is 0 Å². The summed E-state index contributed by atoms with van der Waals surface area (Å²) in [6.07, 6.45) is 6.96. The molecule has 1 aliphatic rings. The van der Waals surface area contributed by atoms with Gasteiger partial charge in [-0.2, -0.15) is 5.10 Å². The molecule has 2 aromatic heterocycles. The fraction of sp³-hybridized carbons (Fsp3) is 0.500. The number of nitrogens with one attached hydrogen (secondary N) is 1. The van der Waals surface area contributed by atoms with Crippen LogP contribution in [0.2, 0.25) is 0 Å². The van der Waals surface area contributed by atoms with E-state index >= 15 is 0 Å². The van der Waals surface area contributed by atoms with Crippen molar-refractivity contribution >= 4 is 12.2 Å². The SMILES string of the molecule is CC1(Cn2c(-c3ccccn3)n[nH]c2=S)CCCC1. The second kappa shape index (κ2) is 4.89. The van der Waals surface area contributed by atoms with Crippen molar-refractivity contribution in [2.45, 2.75) is 39.2 Å². The molecule has 4 nitrogen and oxygen atoms in total. The summed E-state index contributed by atoms with van der Waals surface area (Å²) in [5.41, 5.74) is 1.21. The van der Waals surface area contributed by atoms with E-state index in [2.05, 4.69) is 26.7 Å². The normalized spacial score (nSPS) is 17.7. The Kier molecular flexibility index (Phi) is 3.22. The summed E-state index contributed by atoms with van der Waals surface area (Å²) in [6, 6.07) is 5.85. The van der Waals surface area contributed by atoms with E-state index in [1.165, 1.54) is 25.7 Å². The van der Waals surface area contributed by atoms with E-state index < -0.39 is 0 Å². The minimum absolute atomic E-state index is 0.339. The fourth-order valence-corrected chi connectivity index (χ4v) is 3.12. The maximum Gasteiger partial charge on any atom is 0.195 e. The van der Waals surface area contributed by atoms with Crippen molar-refractivity contribution in [1.29, 1.82) is 0 Å². The van der Waals surface area contributed by atoms with Gasteiger partial charge in [0.05, 0.1) is 0 Å². The summed E-state index contributed by atoms with van der Waals surface area (Å²) in [6.45, 7) is 3.27. The Balaban J connectivity index is 1.98. The first-order valence-electron chi connectivity index (χ1n) is 6.75. The van der Waals surface area contributed by atoms with Crippen LogP contribution in [0.4, 0.5) is 0 Å². The standard InChI is InChI=1S/C14H18N4S/c1-14(7-3-4-8-14)10-18-12(16-17-13(18)19)11-6-2-5-9-15-11/h2,5-6,9H,3-4,7-8,10H2,1H3,(H,17,19). The lowest BCUT2D eigenvalue weighted by atomic mass is 9.89. The van der Waals surface area contributed by atoms with Crippen LogP contribution in [-0.4, -0.2) is 19.7 Å². The largest absolute Gasteiger partial charge is 0.298 e.